The lowest BCUT2D eigenvalue weighted by atomic mass is 10.1. The Kier molecular flexibility index (Phi) is 4.54. The van der Waals surface area contributed by atoms with E-state index in [4.69, 9.17) is 0 Å². The van der Waals surface area contributed by atoms with Crippen LogP contribution in [0.1, 0.15) is 27.0 Å². The normalized spacial score (nSPS) is 11.3. The second-order valence-corrected chi connectivity index (χ2v) is 5.19. The van der Waals surface area contributed by atoms with Gasteiger partial charge in [0.25, 0.3) is 5.91 Å². The number of benzene rings is 2. The van der Waals surface area contributed by atoms with Crippen molar-refractivity contribution in [3.63, 3.8) is 0 Å². The first kappa shape index (κ1) is 16.1. The molecule has 2 nitrogen and oxygen atoms in total. The van der Waals surface area contributed by atoms with E-state index in [0.717, 1.165) is 11.6 Å². The van der Waals surface area contributed by atoms with Crippen molar-refractivity contribution in [3.8, 4) is 0 Å². The highest BCUT2D eigenvalue weighted by Gasteiger charge is 2.33. The summed E-state index contributed by atoms with van der Waals surface area (Å²) >= 11 is 0. The molecule has 0 fully saturated rings. The summed E-state index contributed by atoms with van der Waals surface area (Å²) in [6, 6.07) is 12.3. The SMILES string of the molecule is Cc1cccc(C(=O)N(C)Cc2ccccc2C(F)(F)F)c1. The third kappa shape index (κ3) is 3.67. The molecule has 0 unspecified atom stereocenters. The third-order valence-electron chi connectivity index (χ3n) is 3.34. The minimum atomic E-state index is -4.43. The highest BCUT2D eigenvalue weighted by Crippen LogP contribution is 2.32. The Balaban J connectivity index is 2.23. The maximum absolute atomic E-state index is 13.0. The number of rotatable bonds is 3. The van der Waals surface area contributed by atoms with Crippen LogP contribution < -0.4 is 0 Å². The first-order chi connectivity index (χ1) is 10.3. The zero-order valence-electron chi connectivity index (χ0n) is 12.3. The van der Waals surface area contributed by atoms with Gasteiger partial charge in [0, 0.05) is 19.2 Å². The zero-order valence-corrected chi connectivity index (χ0v) is 12.3. The highest BCUT2D eigenvalue weighted by molar-refractivity contribution is 5.94. The van der Waals surface area contributed by atoms with Gasteiger partial charge in [-0.05, 0) is 30.7 Å². The van der Waals surface area contributed by atoms with Crippen molar-refractivity contribution >= 4 is 5.91 Å². The Morgan fingerprint density at radius 1 is 1.09 bits per heavy atom. The molecule has 0 heterocycles. The van der Waals surface area contributed by atoms with Gasteiger partial charge in [-0.15, -0.1) is 0 Å². The monoisotopic (exact) mass is 307 g/mol. The van der Waals surface area contributed by atoms with Crippen LogP contribution in [-0.2, 0) is 12.7 Å². The van der Waals surface area contributed by atoms with Gasteiger partial charge in [-0.1, -0.05) is 35.9 Å². The van der Waals surface area contributed by atoms with E-state index >= 15 is 0 Å². The quantitative estimate of drug-likeness (QED) is 0.828. The lowest BCUT2D eigenvalue weighted by Crippen LogP contribution is -2.27. The molecule has 2 rings (SSSR count). The topological polar surface area (TPSA) is 20.3 Å². The molecule has 0 saturated carbocycles. The average molecular weight is 307 g/mol. The average Bonchev–Trinajstić information content (AvgIpc) is 2.46. The predicted molar refractivity (Wildman–Crippen MR) is 78.4 cm³/mol. The van der Waals surface area contributed by atoms with Crippen LogP contribution in [0.2, 0.25) is 0 Å². The van der Waals surface area contributed by atoms with Crippen molar-refractivity contribution in [1.29, 1.82) is 0 Å². The number of amides is 1. The number of carbonyl (C=O) groups excluding carboxylic acids is 1. The first-order valence-electron chi connectivity index (χ1n) is 6.76. The van der Waals surface area contributed by atoms with Crippen LogP contribution in [0, 0.1) is 6.92 Å². The predicted octanol–water partition coefficient (Wildman–Crippen LogP) is 4.29. The van der Waals surface area contributed by atoms with Crippen molar-refractivity contribution < 1.29 is 18.0 Å². The van der Waals surface area contributed by atoms with Gasteiger partial charge >= 0.3 is 6.18 Å². The van der Waals surface area contributed by atoms with Crippen molar-refractivity contribution in [1.82, 2.24) is 4.90 Å². The second-order valence-electron chi connectivity index (χ2n) is 5.19. The van der Waals surface area contributed by atoms with Crippen LogP contribution in [0.4, 0.5) is 13.2 Å². The Morgan fingerprint density at radius 2 is 1.77 bits per heavy atom. The van der Waals surface area contributed by atoms with E-state index in [0.29, 0.717) is 5.56 Å². The van der Waals surface area contributed by atoms with Crippen LogP contribution in [0.5, 0.6) is 0 Å². The minimum absolute atomic E-state index is 0.0819. The van der Waals surface area contributed by atoms with E-state index in [1.54, 1.807) is 18.2 Å². The number of carbonyl (C=O) groups is 1. The zero-order chi connectivity index (χ0) is 16.3. The van der Waals surface area contributed by atoms with Gasteiger partial charge in [0.2, 0.25) is 0 Å². The number of hydrogen-bond donors (Lipinski definition) is 0. The van der Waals surface area contributed by atoms with Gasteiger partial charge in [0.15, 0.2) is 0 Å². The van der Waals surface area contributed by atoms with Crippen molar-refractivity contribution in [2.75, 3.05) is 7.05 Å². The lowest BCUT2D eigenvalue weighted by molar-refractivity contribution is -0.138. The highest BCUT2D eigenvalue weighted by atomic mass is 19.4. The molecule has 0 atom stereocenters. The van der Waals surface area contributed by atoms with Gasteiger partial charge in [0.1, 0.15) is 0 Å². The van der Waals surface area contributed by atoms with Crippen molar-refractivity contribution in [2.45, 2.75) is 19.6 Å². The van der Waals surface area contributed by atoms with E-state index in [1.807, 2.05) is 13.0 Å². The standard InChI is InChI=1S/C17H16F3NO/c1-12-6-5-8-13(10-12)16(22)21(2)11-14-7-3-4-9-15(14)17(18,19)20/h3-10H,11H2,1-2H3. The molecule has 0 aliphatic heterocycles. The Labute approximate surface area is 127 Å². The number of hydrogen-bond acceptors (Lipinski definition) is 1. The minimum Gasteiger partial charge on any atom is -0.337 e. The molecule has 0 aromatic heterocycles. The smallest absolute Gasteiger partial charge is 0.337 e. The van der Waals surface area contributed by atoms with Crippen molar-refractivity contribution in [2.24, 2.45) is 0 Å². The van der Waals surface area contributed by atoms with E-state index in [-0.39, 0.29) is 18.0 Å². The molecule has 0 aliphatic rings. The van der Waals surface area contributed by atoms with Crippen LogP contribution in [0.15, 0.2) is 48.5 Å². The summed E-state index contributed by atoms with van der Waals surface area (Å²) in [6.45, 7) is 1.76. The lowest BCUT2D eigenvalue weighted by Gasteiger charge is -2.20. The van der Waals surface area contributed by atoms with Gasteiger partial charge in [-0.25, -0.2) is 0 Å². The summed E-state index contributed by atoms with van der Waals surface area (Å²) < 4.78 is 38.9. The number of nitrogens with zero attached hydrogens (tertiary/aromatic N) is 1. The van der Waals surface area contributed by atoms with Crippen LogP contribution in [-0.4, -0.2) is 17.9 Å². The molecule has 2 aromatic carbocycles. The van der Waals surface area contributed by atoms with Gasteiger partial charge < -0.3 is 4.90 Å². The molecule has 5 heteroatoms. The van der Waals surface area contributed by atoms with Gasteiger partial charge in [-0.3, -0.25) is 4.79 Å². The van der Waals surface area contributed by atoms with Crippen LogP contribution in [0.25, 0.3) is 0 Å². The Hall–Kier alpha value is -2.30. The Bertz CT molecular complexity index is 680. The number of alkyl halides is 3. The molecule has 22 heavy (non-hydrogen) atoms. The molecule has 0 aliphatic carbocycles. The summed E-state index contributed by atoms with van der Waals surface area (Å²) in [5.74, 6) is -0.305. The first-order valence-corrected chi connectivity index (χ1v) is 6.76. The number of halogens is 3. The molecule has 0 saturated heterocycles. The fourth-order valence-corrected chi connectivity index (χ4v) is 2.26. The van der Waals surface area contributed by atoms with Crippen molar-refractivity contribution in [3.05, 3.63) is 70.8 Å². The van der Waals surface area contributed by atoms with Gasteiger partial charge in [-0.2, -0.15) is 13.2 Å². The number of aryl methyl sites for hydroxylation is 1. The largest absolute Gasteiger partial charge is 0.416 e. The van der Waals surface area contributed by atoms with E-state index in [2.05, 4.69) is 0 Å². The molecule has 1 amide bonds. The molecular weight excluding hydrogens is 291 g/mol. The molecule has 0 spiro atoms. The fourth-order valence-electron chi connectivity index (χ4n) is 2.26. The molecule has 0 bridgehead atoms. The summed E-state index contributed by atoms with van der Waals surface area (Å²) in [7, 11) is 1.50. The van der Waals surface area contributed by atoms with E-state index in [1.165, 1.54) is 30.1 Å². The fraction of sp³-hybridized carbons (Fsp3) is 0.235. The molecule has 2 aromatic rings. The second kappa shape index (κ2) is 6.22. The maximum Gasteiger partial charge on any atom is 0.416 e. The third-order valence-corrected chi connectivity index (χ3v) is 3.34. The molecule has 116 valence electrons. The van der Waals surface area contributed by atoms with E-state index < -0.39 is 11.7 Å². The summed E-state index contributed by atoms with van der Waals surface area (Å²) in [5.41, 5.74) is 0.763. The van der Waals surface area contributed by atoms with Gasteiger partial charge in [0.05, 0.1) is 5.56 Å². The summed E-state index contributed by atoms with van der Waals surface area (Å²) in [4.78, 5) is 13.6. The summed E-state index contributed by atoms with van der Waals surface area (Å²) in [5, 5.41) is 0. The van der Waals surface area contributed by atoms with Crippen LogP contribution >= 0.6 is 0 Å². The van der Waals surface area contributed by atoms with Crippen LogP contribution in [0.3, 0.4) is 0 Å². The molecule has 0 radical (unpaired) electrons. The Morgan fingerprint density at radius 3 is 2.41 bits per heavy atom. The molecule has 0 N–H and O–H groups in total. The van der Waals surface area contributed by atoms with E-state index in [9.17, 15) is 18.0 Å². The maximum atomic E-state index is 13.0. The molecular formula is C17H16F3NO. The summed E-state index contributed by atoms with van der Waals surface area (Å²) in [6.07, 6.45) is -4.43.